The number of rotatable bonds is 5. The molecule has 3 rings (SSSR count). The molecule has 2 saturated heterocycles. The van der Waals surface area contributed by atoms with E-state index in [0.717, 1.165) is 52.4 Å². The van der Waals surface area contributed by atoms with Gasteiger partial charge in [-0.25, -0.2) is 9.97 Å². The zero-order chi connectivity index (χ0) is 16.8. The fraction of sp³-hybridized carbons (Fsp3) is 0.706. The lowest BCUT2D eigenvalue weighted by molar-refractivity contribution is 0.0383. The third-order valence-electron chi connectivity index (χ3n) is 4.63. The summed E-state index contributed by atoms with van der Waals surface area (Å²) in [6.45, 7) is 9.05. The summed E-state index contributed by atoms with van der Waals surface area (Å²) < 4.78 is 5.32. The number of morpholine rings is 1. The summed E-state index contributed by atoms with van der Waals surface area (Å²) in [7, 11) is 0. The first-order valence-electron chi connectivity index (χ1n) is 8.88. The molecule has 1 aromatic heterocycles. The lowest BCUT2D eigenvalue weighted by Crippen LogP contribution is -2.41. The van der Waals surface area contributed by atoms with Crippen LogP contribution in [0.2, 0.25) is 0 Å². The number of aromatic nitrogens is 2. The molecule has 132 valence electrons. The van der Waals surface area contributed by atoms with Crippen LogP contribution in [0, 0.1) is 5.92 Å². The molecule has 7 nitrogen and oxygen atoms in total. The van der Waals surface area contributed by atoms with Gasteiger partial charge in [-0.1, -0.05) is 6.92 Å². The molecule has 0 aromatic carbocycles. The maximum Gasteiger partial charge on any atom is 0.270 e. The number of nitrogens with one attached hydrogen (secondary N) is 1. The summed E-state index contributed by atoms with van der Waals surface area (Å²) in [4.78, 5) is 25.6. The number of ether oxygens (including phenoxy) is 1. The molecular formula is C17H27N5O2. The van der Waals surface area contributed by atoms with E-state index in [1.54, 1.807) is 12.3 Å². The van der Waals surface area contributed by atoms with Crippen molar-refractivity contribution in [2.75, 3.05) is 57.4 Å². The molecule has 1 atom stereocenters. The molecular weight excluding hydrogens is 306 g/mol. The van der Waals surface area contributed by atoms with Gasteiger partial charge in [-0.3, -0.25) is 9.69 Å². The van der Waals surface area contributed by atoms with Crippen LogP contribution in [0.3, 0.4) is 0 Å². The van der Waals surface area contributed by atoms with Gasteiger partial charge in [0.05, 0.1) is 13.2 Å². The first-order chi connectivity index (χ1) is 11.7. The van der Waals surface area contributed by atoms with Crippen LogP contribution >= 0.6 is 0 Å². The number of hydrogen-bond acceptors (Lipinski definition) is 6. The van der Waals surface area contributed by atoms with Gasteiger partial charge >= 0.3 is 0 Å². The normalized spacial score (nSPS) is 22.4. The third kappa shape index (κ3) is 4.64. The van der Waals surface area contributed by atoms with Crippen molar-refractivity contribution in [2.24, 2.45) is 5.92 Å². The van der Waals surface area contributed by atoms with E-state index in [4.69, 9.17) is 4.74 Å². The highest BCUT2D eigenvalue weighted by Crippen LogP contribution is 2.19. The van der Waals surface area contributed by atoms with Gasteiger partial charge in [0.1, 0.15) is 5.69 Å². The number of anilines is 1. The molecule has 0 radical (unpaired) electrons. The minimum Gasteiger partial charge on any atom is -0.379 e. The fourth-order valence-corrected chi connectivity index (χ4v) is 3.24. The van der Waals surface area contributed by atoms with E-state index < -0.39 is 0 Å². The van der Waals surface area contributed by atoms with Gasteiger partial charge in [0, 0.05) is 45.5 Å². The third-order valence-corrected chi connectivity index (χ3v) is 4.63. The number of carbonyl (C=O) groups is 1. The van der Waals surface area contributed by atoms with Crippen LogP contribution in [0.5, 0.6) is 0 Å². The summed E-state index contributed by atoms with van der Waals surface area (Å²) in [6, 6.07) is 1.68. The zero-order valence-corrected chi connectivity index (χ0v) is 14.4. The highest BCUT2D eigenvalue weighted by atomic mass is 16.5. The van der Waals surface area contributed by atoms with E-state index in [-0.39, 0.29) is 5.91 Å². The summed E-state index contributed by atoms with van der Waals surface area (Å²) in [6.07, 6.45) is 4.08. The van der Waals surface area contributed by atoms with E-state index in [1.165, 1.54) is 6.42 Å². The van der Waals surface area contributed by atoms with Crippen molar-refractivity contribution < 1.29 is 9.53 Å². The molecule has 0 spiro atoms. The molecule has 2 aliphatic rings. The van der Waals surface area contributed by atoms with Crippen LogP contribution in [0.1, 0.15) is 30.3 Å². The SMILES string of the molecule is CC1CCCN(c2nccc(C(=O)NCCN3CCOCC3)n2)C1. The molecule has 0 bridgehead atoms. The van der Waals surface area contributed by atoms with Gasteiger partial charge in [-0.2, -0.15) is 0 Å². The fourth-order valence-electron chi connectivity index (χ4n) is 3.24. The maximum absolute atomic E-state index is 12.3. The first-order valence-corrected chi connectivity index (χ1v) is 8.88. The second kappa shape index (κ2) is 8.39. The molecule has 2 aliphatic heterocycles. The molecule has 24 heavy (non-hydrogen) atoms. The van der Waals surface area contributed by atoms with E-state index in [9.17, 15) is 4.79 Å². The highest BCUT2D eigenvalue weighted by molar-refractivity contribution is 5.92. The number of carbonyl (C=O) groups excluding carboxylic acids is 1. The second-order valence-electron chi connectivity index (χ2n) is 6.65. The Morgan fingerprint density at radius 3 is 3.00 bits per heavy atom. The molecule has 1 aromatic rings. The monoisotopic (exact) mass is 333 g/mol. The van der Waals surface area contributed by atoms with Crippen LogP contribution in [-0.2, 0) is 4.74 Å². The van der Waals surface area contributed by atoms with Crippen molar-refractivity contribution >= 4 is 11.9 Å². The molecule has 1 N–H and O–H groups in total. The van der Waals surface area contributed by atoms with Gasteiger partial charge in [0.2, 0.25) is 5.95 Å². The van der Waals surface area contributed by atoms with Crippen LogP contribution in [-0.4, -0.2) is 73.3 Å². The Morgan fingerprint density at radius 2 is 2.21 bits per heavy atom. The van der Waals surface area contributed by atoms with Gasteiger partial charge < -0.3 is 15.0 Å². The van der Waals surface area contributed by atoms with E-state index in [1.807, 2.05) is 0 Å². The van der Waals surface area contributed by atoms with Crippen LogP contribution in [0.15, 0.2) is 12.3 Å². The van der Waals surface area contributed by atoms with Crippen LogP contribution < -0.4 is 10.2 Å². The zero-order valence-electron chi connectivity index (χ0n) is 14.4. The Morgan fingerprint density at radius 1 is 1.38 bits per heavy atom. The molecule has 1 unspecified atom stereocenters. The standard InChI is InChI=1S/C17H27N5O2/c1-14-3-2-7-22(13-14)17-19-5-4-15(20-17)16(23)18-6-8-21-9-11-24-12-10-21/h4-5,14H,2-3,6-13H2,1H3,(H,18,23). The average Bonchev–Trinajstić information content (AvgIpc) is 2.63. The van der Waals surface area contributed by atoms with Gasteiger partial charge in [0.15, 0.2) is 0 Å². The molecule has 3 heterocycles. The highest BCUT2D eigenvalue weighted by Gasteiger charge is 2.19. The molecule has 0 aliphatic carbocycles. The van der Waals surface area contributed by atoms with Crippen molar-refractivity contribution in [3.8, 4) is 0 Å². The largest absolute Gasteiger partial charge is 0.379 e. The Balaban J connectivity index is 1.52. The van der Waals surface area contributed by atoms with E-state index in [0.29, 0.717) is 24.1 Å². The Hall–Kier alpha value is -1.73. The maximum atomic E-state index is 12.3. The van der Waals surface area contributed by atoms with Crippen molar-refractivity contribution in [3.05, 3.63) is 18.0 Å². The number of hydrogen-bond donors (Lipinski definition) is 1. The Bertz CT molecular complexity index is 548. The predicted octanol–water partition coefficient (Wildman–Crippen LogP) is 0.775. The second-order valence-corrected chi connectivity index (χ2v) is 6.65. The molecule has 0 saturated carbocycles. The summed E-state index contributed by atoms with van der Waals surface area (Å²) >= 11 is 0. The van der Waals surface area contributed by atoms with Crippen molar-refractivity contribution in [1.82, 2.24) is 20.2 Å². The molecule has 7 heteroatoms. The van der Waals surface area contributed by atoms with Gasteiger partial charge in [0.25, 0.3) is 5.91 Å². The number of piperidine rings is 1. The smallest absolute Gasteiger partial charge is 0.270 e. The van der Waals surface area contributed by atoms with Crippen LogP contribution in [0.25, 0.3) is 0 Å². The van der Waals surface area contributed by atoms with Gasteiger partial charge in [-0.15, -0.1) is 0 Å². The summed E-state index contributed by atoms with van der Waals surface area (Å²) in [5.41, 5.74) is 0.445. The molecule has 2 fully saturated rings. The summed E-state index contributed by atoms with van der Waals surface area (Å²) in [5, 5.41) is 2.95. The Labute approximate surface area is 143 Å². The minimum absolute atomic E-state index is 0.128. The van der Waals surface area contributed by atoms with Crippen LogP contribution in [0.4, 0.5) is 5.95 Å². The van der Waals surface area contributed by atoms with Crippen molar-refractivity contribution in [3.63, 3.8) is 0 Å². The number of amides is 1. The van der Waals surface area contributed by atoms with E-state index in [2.05, 4.69) is 32.0 Å². The van der Waals surface area contributed by atoms with E-state index >= 15 is 0 Å². The van der Waals surface area contributed by atoms with Crippen molar-refractivity contribution in [1.29, 1.82) is 0 Å². The minimum atomic E-state index is -0.128. The average molecular weight is 333 g/mol. The quantitative estimate of drug-likeness (QED) is 0.858. The molecule has 1 amide bonds. The lowest BCUT2D eigenvalue weighted by atomic mass is 10.0. The lowest BCUT2D eigenvalue weighted by Gasteiger charge is -2.30. The topological polar surface area (TPSA) is 70.6 Å². The first kappa shape index (κ1) is 17.1. The predicted molar refractivity (Wildman–Crippen MR) is 92.2 cm³/mol. The van der Waals surface area contributed by atoms with Gasteiger partial charge in [-0.05, 0) is 24.8 Å². The number of nitrogens with zero attached hydrogens (tertiary/aromatic N) is 4. The summed E-state index contributed by atoms with van der Waals surface area (Å²) in [5.74, 6) is 1.19. The van der Waals surface area contributed by atoms with Crippen molar-refractivity contribution in [2.45, 2.75) is 19.8 Å². The Kier molecular flexibility index (Phi) is 5.98.